The molecule has 0 radical (unpaired) electrons. The van der Waals surface area contributed by atoms with Crippen LogP contribution in [0.2, 0.25) is 0 Å². The average Bonchev–Trinajstić information content (AvgIpc) is 2.31. The zero-order chi connectivity index (χ0) is 8.48. The molecule has 1 rings (SSSR count). The number of aliphatic hydroxyl groups is 1. The first-order valence-corrected chi connectivity index (χ1v) is 3.85. The van der Waals surface area contributed by atoms with Gasteiger partial charge in [0.15, 0.2) is 0 Å². The van der Waals surface area contributed by atoms with E-state index in [1.54, 1.807) is 0 Å². The standard InChI is InChI=1S/C8H14O3/c1-8(7(10)11-2)4-3-6(9)5-8/h6,9H,3-5H2,1-2H3. The van der Waals surface area contributed by atoms with Crippen molar-refractivity contribution in [2.24, 2.45) is 5.41 Å². The fraction of sp³-hybridized carbons (Fsp3) is 0.875. The van der Waals surface area contributed by atoms with E-state index >= 15 is 0 Å². The Bertz CT molecular complexity index is 167. The molecule has 1 N–H and O–H groups in total. The van der Waals surface area contributed by atoms with Crippen LogP contribution >= 0.6 is 0 Å². The highest BCUT2D eigenvalue weighted by molar-refractivity contribution is 5.76. The molecule has 0 saturated heterocycles. The lowest BCUT2D eigenvalue weighted by Gasteiger charge is -2.19. The molecule has 0 heterocycles. The summed E-state index contributed by atoms with van der Waals surface area (Å²) in [7, 11) is 1.39. The smallest absolute Gasteiger partial charge is 0.311 e. The van der Waals surface area contributed by atoms with E-state index in [1.165, 1.54) is 7.11 Å². The van der Waals surface area contributed by atoms with Crippen molar-refractivity contribution >= 4 is 5.97 Å². The largest absolute Gasteiger partial charge is 0.469 e. The van der Waals surface area contributed by atoms with Crippen molar-refractivity contribution in [2.45, 2.75) is 32.3 Å². The van der Waals surface area contributed by atoms with Crippen molar-refractivity contribution in [1.82, 2.24) is 0 Å². The molecule has 3 nitrogen and oxygen atoms in total. The minimum absolute atomic E-state index is 0.200. The van der Waals surface area contributed by atoms with Crippen LogP contribution in [0.4, 0.5) is 0 Å². The van der Waals surface area contributed by atoms with Crippen LogP contribution in [0.1, 0.15) is 26.2 Å². The molecule has 1 aliphatic carbocycles. The van der Waals surface area contributed by atoms with E-state index < -0.39 is 5.41 Å². The summed E-state index contributed by atoms with van der Waals surface area (Å²) in [5.41, 5.74) is -0.436. The third-order valence-corrected chi connectivity index (χ3v) is 2.39. The number of carbonyl (C=O) groups excluding carboxylic acids is 1. The maximum Gasteiger partial charge on any atom is 0.311 e. The summed E-state index contributed by atoms with van der Waals surface area (Å²) >= 11 is 0. The van der Waals surface area contributed by atoms with Crippen LogP contribution in [0.15, 0.2) is 0 Å². The molecule has 1 aliphatic rings. The van der Waals surface area contributed by atoms with Crippen LogP contribution < -0.4 is 0 Å². The molecule has 0 bridgehead atoms. The van der Waals surface area contributed by atoms with E-state index in [-0.39, 0.29) is 12.1 Å². The van der Waals surface area contributed by atoms with E-state index in [4.69, 9.17) is 0 Å². The quantitative estimate of drug-likeness (QED) is 0.572. The number of ether oxygens (including phenoxy) is 1. The minimum atomic E-state index is -0.436. The number of carbonyl (C=O) groups is 1. The van der Waals surface area contributed by atoms with E-state index in [0.29, 0.717) is 12.8 Å². The predicted molar refractivity (Wildman–Crippen MR) is 40.0 cm³/mol. The zero-order valence-electron chi connectivity index (χ0n) is 6.96. The molecule has 0 aromatic rings. The average molecular weight is 158 g/mol. The highest BCUT2D eigenvalue weighted by atomic mass is 16.5. The maximum atomic E-state index is 11.1. The number of hydrogen-bond donors (Lipinski definition) is 1. The van der Waals surface area contributed by atoms with Crippen LogP contribution in [0.3, 0.4) is 0 Å². The second kappa shape index (κ2) is 2.81. The summed E-state index contributed by atoms with van der Waals surface area (Å²) in [6.07, 6.45) is 1.67. The summed E-state index contributed by atoms with van der Waals surface area (Å²) in [5.74, 6) is -0.200. The van der Waals surface area contributed by atoms with Gasteiger partial charge in [0.2, 0.25) is 0 Å². The fourth-order valence-corrected chi connectivity index (χ4v) is 1.64. The van der Waals surface area contributed by atoms with Gasteiger partial charge in [0, 0.05) is 0 Å². The molecule has 1 fully saturated rings. The highest BCUT2D eigenvalue weighted by Gasteiger charge is 2.41. The lowest BCUT2D eigenvalue weighted by Crippen LogP contribution is -2.26. The monoisotopic (exact) mass is 158 g/mol. The first-order valence-electron chi connectivity index (χ1n) is 3.85. The van der Waals surface area contributed by atoms with E-state index in [0.717, 1.165) is 6.42 Å². The van der Waals surface area contributed by atoms with Gasteiger partial charge in [-0.3, -0.25) is 4.79 Å². The van der Waals surface area contributed by atoms with E-state index in [1.807, 2.05) is 6.92 Å². The van der Waals surface area contributed by atoms with Crippen molar-refractivity contribution in [2.75, 3.05) is 7.11 Å². The van der Waals surface area contributed by atoms with Gasteiger partial charge >= 0.3 is 5.97 Å². The van der Waals surface area contributed by atoms with Crippen molar-refractivity contribution in [1.29, 1.82) is 0 Å². The molecule has 64 valence electrons. The molecule has 0 aromatic carbocycles. The van der Waals surface area contributed by atoms with Crippen molar-refractivity contribution in [3.63, 3.8) is 0 Å². The molecular weight excluding hydrogens is 144 g/mol. The lowest BCUT2D eigenvalue weighted by atomic mass is 9.89. The molecule has 2 unspecified atom stereocenters. The Labute approximate surface area is 66.4 Å². The summed E-state index contributed by atoms with van der Waals surface area (Å²) in [4.78, 5) is 11.1. The third kappa shape index (κ3) is 1.53. The molecular formula is C8H14O3. The predicted octanol–water partition coefficient (Wildman–Crippen LogP) is 0.710. The molecule has 0 aliphatic heterocycles. The van der Waals surface area contributed by atoms with Crippen LogP contribution in [0, 0.1) is 5.41 Å². The van der Waals surface area contributed by atoms with Gasteiger partial charge in [-0.15, -0.1) is 0 Å². The summed E-state index contributed by atoms with van der Waals surface area (Å²) in [6, 6.07) is 0. The van der Waals surface area contributed by atoms with Crippen molar-refractivity contribution in [3.8, 4) is 0 Å². The Balaban J connectivity index is 2.61. The van der Waals surface area contributed by atoms with Gasteiger partial charge in [-0.2, -0.15) is 0 Å². The first-order chi connectivity index (χ1) is 5.08. The Kier molecular flexibility index (Phi) is 2.18. The van der Waals surface area contributed by atoms with Gasteiger partial charge in [-0.25, -0.2) is 0 Å². The summed E-state index contributed by atoms with van der Waals surface area (Å²) in [5, 5.41) is 9.20. The number of aliphatic hydroxyl groups excluding tert-OH is 1. The van der Waals surface area contributed by atoms with Gasteiger partial charge in [-0.05, 0) is 26.2 Å². The second-order valence-electron chi connectivity index (χ2n) is 3.45. The Morgan fingerprint density at radius 1 is 1.73 bits per heavy atom. The Morgan fingerprint density at radius 2 is 2.36 bits per heavy atom. The molecule has 0 spiro atoms. The Morgan fingerprint density at radius 3 is 2.73 bits per heavy atom. The molecule has 2 atom stereocenters. The van der Waals surface area contributed by atoms with Gasteiger partial charge in [-0.1, -0.05) is 0 Å². The minimum Gasteiger partial charge on any atom is -0.469 e. The van der Waals surface area contributed by atoms with E-state index in [9.17, 15) is 9.90 Å². The molecule has 3 heteroatoms. The normalized spacial score (nSPS) is 37.2. The van der Waals surface area contributed by atoms with Crippen molar-refractivity contribution in [3.05, 3.63) is 0 Å². The lowest BCUT2D eigenvalue weighted by molar-refractivity contribution is -0.151. The van der Waals surface area contributed by atoms with Gasteiger partial charge < -0.3 is 9.84 Å². The number of rotatable bonds is 1. The number of hydrogen-bond acceptors (Lipinski definition) is 3. The zero-order valence-corrected chi connectivity index (χ0v) is 6.96. The van der Waals surface area contributed by atoms with Gasteiger partial charge in [0.05, 0.1) is 18.6 Å². The Hall–Kier alpha value is -0.570. The molecule has 0 aromatic heterocycles. The topological polar surface area (TPSA) is 46.5 Å². The summed E-state index contributed by atoms with van der Waals surface area (Å²) < 4.78 is 4.64. The van der Waals surface area contributed by atoms with E-state index in [2.05, 4.69) is 4.74 Å². The third-order valence-electron chi connectivity index (χ3n) is 2.39. The molecule has 1 saturated carbocycles. The van der Waals surface area contributed by atoms with Crippen LogP contribution in [-0.2, 0) is 9.53 Å². The fourth-order valence-electron chi connectivity index (χ4n) is 1.64. The second-order valence-corrected chi connectivity index (χ2v) is 3.45. The van der Waals surface area contributed by atoms with Crippen molar-refractivity contribution < 1.29 is 14.6 Å². The van der Waals surface area contributed by atoms with Gasteiger partial charge in [0.1, 0.15) is 0 Å². The number of esters is 1. The van der Waals surface area contributed by atoms with Crippen LogP contribution in [-0.4, -0.2) is 24.3 Å². The summed E-state index contributed by atoms with van der Waals surface area (Å²) in [6.45, 7) is 1.84. The highest BCUT2D eigenvalue weighted by Crippen LogP contribution is 2.38. The maximum absolute atomic E-state index is 11.1. The van der Waals surface area contributed by atoms with Crippen LogP contribution in [0.5, 0.6) is 0 Å². The van der Waals surface area contributed by atoms with Crippen LogP contribution in [0.25, 0.3) is 0 Å². The van der Waals surface area contributed by atoms with Gasteiger partial charge in [0.25, 0.3) is 0 Å². The number of methoxy groups -OCH3 is 1. The SMILES string of the molecule is COC(=O)C1(C)CCC(O)C1. The molecule has 0 amide bonds. The molecule has 11 heavy (non-hydrogen) atoms. The first kappa shape index (κ1) is 8.53.